The van der Waals surface area contributed by atoms with Crippen LogP contribution in [0.3, 0.4) is 0 Å². The van der Waals surface area contributed by atoms with Crippen LogP contribution in [0.4, 0.5) is 0 Å². The molecule has 1 aromatic heterocycles. The van der Waals surface area contributed by atoms with Crippen molar-refractivity contribution in [3.05, 3.63) is 36.0 Å². The fraction of sp³-hybridized carbons (Fsp3) is 0.417. The van der Waals surface area contributed by atoms with Crippen LogP contribution >= 0.6 is 0 Å². The predicted molar refractivity (Wildman–Crippen MR) is 54.5 cm³/mol. The fourth-order valence-electron chi connectivity index (χ4n) is 2.00. The maximum atomic E-state index is 8.95. The molecular weight excluding hydrogens is 172 g/mol. The summed E-state index contributed by atoms with van der Waals surface area (Å²) in [6.07, 6.45) is 8.91. The van der Waals surface area contributed by atoms with Crippen molar-refractivity contribution in [1.29, 1.82) is 5.26 Å². The van der Waals surface area contributed by atoms with Gasteiger partial charge in [-0.25, -0.2) is 0 Å². The Kier molecular flexibility index (Phi) is 2.78. The lowest BCUT2D eigenvalue weighted by Gasteiger charge is -2.21. The summed E-state index contributed by atoms with van der Waals surface area (Å²) in [4.78, 5) is 4.32. The number of aromatic nitrogens is 1. The molecule has 1 aliphatic rings. The van der Waals surface area contributed by atoms with Gasteiger partial charge >= 0.3 is 0 Å². The van der Waals surface area contributed by atoms with E-state index in [1.54, 1.807) is 6.20 Å². The number of rotatable bonds is 1. The Balaban J connectivity index is 2.26. The van der Waals surface area contributed by atoms with Gasteiger partial charge in [-0.05, 0) is 31.4 Å². The van der Waals surface area contributed by atoms with Crippen LogP contribution < -0.4 is 0 Å². The molecule has 1 fully saturated rings. The van der Waals surface area contributed by atoms with Gasteiger partial charge in [0.1, 0.15) is 6.07 Å². The summed E-state index contributed by atoms with van der Waals surface area (Å²) in [6.45, 7) is 0. The van der Waals surface area contributed by atoms with E-state index < -0.39 is 0 Å². The third kappa shape index (κ3) is 1.77. The van der Waals surface area contributed by atoms with Gasteiger partial charge in [-0.2, -0.15) is 5.26 Å². The number of nitriles is 1. The second kappa shape index (κ2) is 4.23. The zero-order valence-corrected chi connectivity index (χ0v) is 8.11. The Morgan fingerprint density at radius 2 is 2.36 bits per heavy atom. The van der Waals surface area contributed by atoms with Crippen LogP contribution in [0.25, 0.3) is 0 Å². The molecule has 14 heavy (non-hydrogen) atoms. The standard InChI is InChI=1S/C12H13N2/c13-9-11-7-4-8-14-12(11)10-5-2-1-3-6-10/h4-5,7-8,10H,1-3,6H2. The molecular formula is C12H13N2. The van der Waals surface area contributed by atoms with Gasteiger partial charge in [0, 0.05) is 12.1 Å². The van der Waals surface area contributed by atoms with E-state index in [1.165, 1.54) is 12.8 Å². The highest BCUT2D eigenvalue weighted by atomic mass is 14.7. The molecule has 0 aliphatic heterocycles. The molecule has 1 atom stereocenters. The first kappa shape index (κ1) is 9.21. The zero-order valence-electron chi connectivity index (χ0n) is 8.11. The summed E-state index contributed by atoms with van der Waals surface area (Å²) in [7, 11) is 0. The van der Waals surface area contributed by atoms with E-state index in [-0.39, 0.29) is 0 Å². The van der Waals surface area contributed by atoms with Crippen molar-refractivity contribution >= 4 is 0 Å². The summed E-state index contributed by atoms with van der Waals surface area (Å²) in [6, 6.07) is 5.89. The first-order chi connectivity index (χ1) is 6.92. The maximum absolute atomic E-state index is 8.95. The monoisotopic (exact) mass is 185 g/mol. The lowest BCUT2D eigenvalue weighted by atomic mass is 9.85. The predicted octanol–water partition coefficient (Wildman–Crippen LogP) is 2.82. The number of hydrogen-bond acceptors (Lipinski definition) is 2. The Bertz CT molecular complexity index is 346. The normalized spacial score (nSPS) is 17.6. The fourth-order valence-corrected chi connectivity index (χ4v) is 2.00. The van der Waals surface area contributed by atoms with Crippen molar-refractivity contribution in [2.75, 3.05) is 0 Å². The summed E-state index contributed by atoms with van der Waals surface area (Å²) in [5, 5.41) is 8.95. The van der Waals surface area contributed by atoms with Crippen LogP contribution in [0, 0.1) is 17.8 Å². The minimum Gasteiger partial charge on any atom is -0.260 e. The lowest BCUT2D eigenvalue weighted by molar-refractivity contribution is 0.525. The third-order valence-corrected chi connectivity index (χ3v) is 2.73. The minimum atomic E-state index is 0.402. The largest absolute Gasteiger partial charge is 0.260 e. The Morgan fingerprint density at radius 3 is 3.07 bits per heavy atom. The molecule has 0 amide bonds. The van der Waals surface area contributed by atoms with Gasteiger partial charge < -0.3 is 0 Å². The van der Waals surface area contributed by atoms with Crippen molar-refractivity contribution in [2.45, 2.75) is 31.6 Å². The number of nitrogens with zero attached hydrogens (tertiary/aromatic N) is 2. The highest BCUT2D eigenvalue weighted by molar-refractivity contribution is 5.36. The molecule has 2 heteroatoms. The Labute approximate surface area is 84.6 Å². The van der Waals surface area contributed by atoms with Gasteiger partial charge in [0.2, 0.25) is 0 Å². The molecule has 0 N–H and O–H groups in total. The molecule has 0 bridgehead atoms. The summed E-state index contributed by atoms with van der Waals surface area (Å²) in [5.41, 5.74) is 1.70. The van der Waals surface area contributed by atoms with E-state index >= 15 is 0 Å². The molecule has 71 valence electrons. The van der Waals surface area contributed by atoms with Crippen molar-refractivity contribution in [2.24, 2.45) is 0 Å². The van der Waals surface area contributed by atoms with E-state index in [9.17, 15) is 0 Å². The zero-order chi connectivity index (χ0) is 9.80. The van der Waals surface area contributed by atoms with Crippen LogP contribution in [0.2, 0.25) is 0 Å². The SMILES string of the molecule is N#Cc1cccnc1C1[CH]CCCC1. The Hall–Kier alpha value is -1.36. The smallest absolute Gasteiger partial charge is 0.101 e. The van der Waals surface area contributed by atoms with Gasteiger partial charge in [-0.1, -0.05) is 12.8 Å². The molecule has 1 aliphatic carbocycles. The van der Waals surface area contributed by atoms with Gasteiger partial charge in [-0.3, -0.25) is 4.98 Å². The van der Waals surface area contributed by atoms with Crippen molar-refractivity contribution in [1.82, 2.24) is 4.98 Å². The van der Waals surface area contributed by atoms with Crippen molar-refractivity contribution in [3.63, 3.8) is 0 Å². The van der Waals surface area contributed by atoms with Gasteiger partial charge in [0.25, 0.3) is 0 Å². The summed E-state index contributed by atoms with van der Waals surface area (Å²) < 4.78 is 0. The van der Waals surface area contributed by atoms with Gasteiger partial charge in [0.05, 0.1) is 11.3 Å². The van der Waals surface area contributed by atoms with Crippen LogP contribution in [-0.2, 0) is 0 Å². The van der Waals surface area contributed by atoms with Crippen LogP contribution in [0.5, 0.6) is 0 Å². The minimum absolute atomic E-state index is 0.402. The van der Waals surface area contributed by atoms with Crippen LogP contribution in [0.15, 0.2) is 18.3 Å². The summed E-state index contributed by atoms with van der Waals surface area (Å²) >= 11 is 0. The van der Waals surface area contributed by atoms with Crippen LogP contribution in [0.1, 0.15) is 42.9 Å². The van der Waals surface area contributed by atoms with E-state index in [0.717, 1.165) is 24.1 Å². The van der Waals surface area contributed by atoms with E-state index in [2.05, 4.69) is 17.5 Å². The van der Waals surface area contributed by atoms with Crippen molar-refractivity contribution in [3.8, 4) is 6.07 Å². The van der Waals surface area contributed by atoms with E-state index in [1.807, 2.05) is 12.1 Å². The first-order valence-corrected chi connectivity index (χ1v) is 5.10. The van der Waals surface area contributed by atoms with Crippen LogP contribution in [-0.4, -0.2) is 4.98 Å². The highest BCUT2D eigenvalue weighted by Crippen LogP contribution is 2.31. The highest BCUT2D eigenvalue weighted by Gasteiger charge is 2.19. The maximum Gasteiger partial charge on any atom is 0.101 e. The van der Waals surface area contributed by atoms with Gasteiger partial charge in [0.15, 0.2) is 0 Å². The second-order valence-electron chi connectivity index (χ2n) is 3.67. The molecule has 2 nitrogen and oxygen atoms in total. The molecule has 2 rings (SSSR count). The average molecular weight is 185 g/mol. The lowest BCUT2D eigenvalue weighted by Crippen LogP contribution is -2.08. The van der Waals surface area contributed by atoms with Crippen molar-refractivity contribution < 1.29 is 0 Å². The molecule has 1 heterocycles. The first-order valence-electron chi connectivity index (χ1n) is 5.10. The molecule has 0 spiro atoms. The Morgan fingerprint density at radius 1 is 1.43 bits per heavy atom. The molecule has 0 aromatic carbocycles. The molecule has 0 saturated heterocycles. The van der Waals surface area contributed by atoms with E-state index in [4.69, 9.17) is 5.26 Å². The third-order valence-electron chi connectivity index (χ3n) is 2.73. The quantitative estimate of drug-likeness (QED) is 0.674. The summed E-state index contributed by atoms with van der Waals surface area (Å²) in [5.74, 6) is 0.402. The van der Waals surface area contributed by atoms with E-state index in [0.29, 0.717) is 5.92 Å². The second-order valence-corrected chi connectivity index (χ2v) is 3.67. The average Bonchev–Trinajstić information content (AvgIpc) is 2.30. The van der Waals surface area contributed by atoms with Gasteiger partial charge in [-0.15, -0.1) is 0 Å². The molecule has 1 unspecified atom stereocenters. The number of hydrogen-bond donors (Lipinski definition) is 0. The molecule has 1 aromatic rings. The molecule has 1 radical (unpaired) electrons. The molecule has 1 saturated carbocycles. The topological polar surface area (TPSA) is 36.7 Å². The number of pyridine rings is 1.